The minimum atomic E-state index is 0.277. The topological polar surface area (TPSA) is 32.7 Å². The van der Waals surface area contributed by atoms with E-state index in [1.54, 1.807) is 0 Å². The van der Waals surface area contributed by atoms with Gasteiger partial charge in [-0.25, -0.2) is 0 Å². The highest BCUT2D eigenvalue weighted by Gasteiger charge is 2.32. The van der Waals surface area contributed by atoms with E-state index in [0.717, 1.165) is 25.2 Å². The van der Waals surface area contributed by atoms with E-state index in [2.05, 4.69) is 72.5 Å². The number of ether oxygens (including phenoxy) is 1. The molecule has 1 heterocycles. The average molecular weight is 428 g/mol. The largest absolute Gasteiger partial charge is 0.508 e. The molecule has 32 heavy (non-hydrogen) atoms. The Morgan fingerprint density at radius 2 is 1.69 bits per heavy atom. The summed E-state index contributed by atoms with van der Waals surface area (Å²) in [6.45, 7) is 5.39. The molecule has 1 N–H and O–H groups in total. The molecule has 5 rings (SSSR count). The van der Waals surface area contributed by atoms with Gasteiger partial charge in [-0.15, -0.1) is 0 Å². The van der Waals surface area contributed by atoms with Gasteiger partial charge in [0.05, 0.1) is 0 Å². The molecule has 0 radical (unpaired) electrons. The molecule has 1 fully saturated rings. The van der Waals surface area contributed by atoms with Crippen LogP contribution in [0.3, 0.4) is 0 Å². The van der Waals surface area contributed by atoms with Gasteiger partial charge in [-0.1, -0.05) is 48.5 Å². The predicted molar refractivity (Wildman–Crippen MR) is 130 cm³/mol. The molecule has 3 atom stereocenters. The summed E-state index contributed by atoms with van der Waals surface area (Å²) in [7, 11) is 0. The van der Waals surface area contributed by atoms with Crippen LogP contribution in [-0.2, 0) is 6.42 Å². The fourth-order valence-corrected chi connectivity index (χ4v) is 5.55. The van der Waals surface area contributed by atoms with Gasteiger partial charge in [0.25, 0.3) is 0 Å². The quantitative estimate of drug-likeness (QED) is 0.515. The van der Waals surface area contributed by atoms with Crippen molar-refractivity contribution in [3.05, 3.63) is 95.1 Å². The molecule has 0 saturated carbocycles. The van der Waals surface area contributed by atoms with E-state index in [1.165, 1.54) is 48.2 Å². The Hall–Kier alpha value is -2.78. The summed E-state index contributed by atoms with van der Waals surface area (Å²) in [5.74, 6) is 2.00. The normalized spacial score (nSPS) is 21.8. The minimum absolute atomic E-state index is 0.277. The first-order valence-corrected chi connectivity index (χ1v) is 12.0. The Bertz CT molecular complexity index is 1020. The van der Waals surface area contributed by atoms with Crippen LogP contribution in [0.25, 0.3) is 0 Å². The van der Waals surface area contributed by atoms with Gasteiger partial charge in [-0.05, 0) is 98.1 Å². The molecule has 0 bridgehead atoms. The zero-order chi connectivity index (χ0) is 21.9. The predicted octanol–water partition coefficient (Wildman–Crippen LogP) is 6.12. The van der Waals surface area contributed by atoms with Gasteiger partial charge in [0.1, 0.15) is 18.1 Å². The first kappa shape index (κ1) is 21.1. The smallest absolute Gasteiger partial charge is 0.119 e. The molecule has 0 unspecified atom stereocenters. The Kier molecular flexibility index (Phi) is 6.18. The highest BCUT2D eigenvalue weighted by atomic mass is 16.5. The highest BCUT2D eigenvalue weighted by Crippen LogP contribution is 2.47. The molecule has 3 heteroatoms. The summed E-state index contributed by atoms with van der Waals surface area (Å²) in [5, 5.41) is 10.0. The van der Waals surface area contributed by atoms with Crippen molar-refractivity contribution >= 4 is 0 Å². The highest BCUT2D eigenvalue weighted by molar-refractivity contribution is 5.48. The van der Waals surface area contributed by atoms with E-state index in [9.17, 15) is 5.11 Å². The molecule has 0 aromatic heterocycles. The van der Waals surface area contributed by atoms with Crippen molar-refractivity contribution in [1.82, 2.24) is 4.90 Å². The standard InChI is InChI=1S/C29H33NO2/c1-21(30-17-5-6-18-30)20-32-26-13-9-23(10-14-26)29-27(22-7-3-2-4-8-22)15-11-24-19-25(31)12-16-28(24)29/h2-4,7-10,12-14,16,19,21,27,29,31H,5-6,11,15,17-18,20H2,1H3/t21-,27+,29-/m0/s1. The number of phenols is 1. The molecule has 1 aliphatic carbocycles. The van der Waals surface area contributed by atoms with Crippen molar-refractivity contribution in [3.63, 3.8) is 0 Å². The van der Waals surface area contributed by atoms with Crippen LogP contribution < -0.4 is 4.74 Å². The monoisotopic (exact) mass is 427 g/mol. The summed E-state index contributed by atoms with van der Waals surface area (Å²) < 4.78 is 6.14. The van der Waals surface area contributed by atoms with E-state index in [1.807, 2.05) is 12.1 Å². The Morgan fingerprint density at radius 3 is 2.44 bits per heavy atom. The van der Waals surface area contributed by atoms with Crippen LogP contribution in [-0.4, -0.2) is 35.7 Å². The molecular weight excluding hydrogens is 394 g/mol. The second-order valence-electron chi connectivity index (χ2n) is 9.39. The van der Waals surface area contributed by atoms with Gasteiger partial charge in [0, 0.05) is 12.0 Å². The molecule has 0 spiro atoms. The third kappa shape index (κ3) is 4.40. The molecule has 3 aromatic carbocycles. The zero-order valence-corrected chi connectivity index (χ0v) is 18.9. The van der Waals surface area contributed by atoms with E-state index < -0.39 is 0 Å². The number of rotatable bonds is 6. The average Bonchev–Trinajstić information content (AvgIpc) is 3.38. The lowest BCUT2D eigenvalue weighted by molar-refractivity contribution is 0.172. The first-order valence-electron chi connectivity index (χ1n) is 12.0. The lowest BCUT2D eigenvalue weighted by atomic mass is 9.69. The SMILES string of the molecule is C[C@@H](COc1ccc([C@@H]2c3ccc(O)cc3CC[C@@H]2c2ccccc2)cc1)N1CCCC1. The number of likely N-dealkylation sites (tertiary alicyclic amines) is 1. The fourth-order valence-electron chi connectivity index (χ4n) is 5.55. The second kappa shape index (κ2) is 9.38. The summed E-state index contributed by atoms with van der Waals surface area (Å²) in [6, 6.07) is 25.9. The zero-order valence-electron chi connectivity index (χ0n) is 18.9. The fraction of sp³-hybridized carbons (Fsp3) is 0.379. The number of benzene rings is 3. The van der Waals surface area contributed by atoms with Crippen molar-refractivity contribution < 1.29 is 9.84 Å². The van der Waals surface area contributed by atoms with Gasteiger partial charge in [-0.2, -0.15) is 0 Å². The summed E-state index contributed by atoms with van der Waals surface area (Å²) in [4.78, 5) is 2.52. The lowest BCUT2D eigenvalue weighted by Crippen LogP contribution is -2.34. The molecule has 3 nitrogen and oxygen atoms in total. The molecule has 1 aliphatic heterocycles. The van der Waals surface area contributed by atoms with E-state index in [4.69, 9.17) is 4.74 Å². The van der Waals surface area contributed by atoms with E-state index in [-0.39, 0.29) is 5.92 Å². The van der Waals surface area contributed by atoms with Crippen LogP contribution in [0.15, 0.2) is 72.8 Å². The van der Waals surface area contributed by atoms with Crippen molar-refractivity contribution in [2.45, 2.75) is 50.5 Å². The van der Waals surface area contributed by atoms with Gasteiger partial charge < -0.3 is 9.84 Å². The Morgan fingerprint density at radius 1 is 0.938 bits per heavy atom. The Labute approximate surface area is 191 Å². The van der Waals surface area contributed by atoms with Crippen LogP contribution in [0.4, 0.5) is 0 Å². The van der Waals surface area contributed by atoms with Gasteiger partial charge in [0.2, 0.25) is 0 Å². The van der Waals surface area contributed by atoms with Crippen molar-refractivity contribution in [1.29, 1.82) is 0 Å². The van der Waals surface area contributed by atoms with Crippen LogP contribution in [0.2, 0.25) is 0 Å². The number of phenolic OH excluding ortho intramolecular Hbond substituents is 1. The molecule has 166 valence electrons. The van der Waals surface area contributed by atoms with Gasteiger partial charge in [-0.3, -0.25) is 4.90 Å². The third-order valence-electron chi connectivity index (χ3n) is 7.31. The van der Waals surface area contributed by atoms with Crippen LogP contribution in [0, 0.1) is 0 Å². The van der Waals surface area contributed by atoms with Crippen molar-refractivity contribution in [2.24, 2.45) is 0 Å². The van der Waals surface area contributed by atoms with Crippen LogP contribution >= 0.6 is 0 Å². The number of hydrogen-bond acceptors (Lipinski definition) is 3. The minimum Gasteiger partial charge on any atom is -0.508 e. The van der Waals surface area contributed by atoms with Gasteiger partial charge >= 0.3 is 0 Å². The molecule has 1 saturated heterocycles. The van der Waals surface area contributed by atoms with Crippen LogP contribution in [0.1, 0.15) is 60.3 Å². The van der Waals surface area contributed by atoms with Crippen molar-refractivity contribution in [3.8, 4) is 11.5 Å². The third-order valence-corrected chi connectivity index (χ3v) is 7.31. The molecule has 2 aliphatic rings. The maximum atomic E-state index is 10.0. The lowest BCUT2D eigenvalue weighted by Gasteiger charge is -2.35. The molecule has 3 aromatic rings. The second-order valence-corrected chi connectivity index (χ2v) is 9.39. The summed E-state index contributed by atoms with van der Waals surface area (Å²) in [5.41, 5.74) is 5.29. The van der Waals surface area contributed by atoms with Crippen LogP contribution in [0.5, 0.6) is 11.5 Å². The Balaban J connectivity index is 1.39. The number of fused-ring (bicyclic) bond motifs is 1. The maximum Gasteiger partial charge on any atom is 0.119 e. The number of aryl methyl sites for hydroxylation is 1. The van der Waals surface area contributed by atoms with E-state index in [0.29, 0.717) is 17.7 Å². The molecular formula is C29H33NO2. The van der Waals surface area contributed by atoms with E-state index >= 15 is 0 Å². The van der Waals surface area contributed by atoms with Crippen molar-refractivity contribution in [2.75, 3.05) is 19.7 Å². The number of hydrogen-bond donors (Lipinski definition) is 1. The maximum absolute atomic E-state index is 10.0. The molecule has 0 amide bonds. The van der Waals surface area contributed by atoms with Gasteiger partial charge in [0.15, 0.2) is 0 Å². The first-order chi connectivity index (χ1) is 15.7. The number of aromatic hydroxyl groups is 1. The summed E-state index contributed by atoms with van der Waals surface area (Å²) in [6.07, 6.45) is 4.69. The number of nitrogens with zero attached hydrogens (tertiary/aromatic N) is 1. The summed E-state index contributed by atoms with van der Waals surface area (Å²) >= 11 is 0.